The first-order valence-corrected chi connectivity index (χ1v) is 7.13. The van der Waals surface area contributed by atoms with Gasteiger partial charge < -0.3 is 5.84 Å². The number of halogens is 1. The van der Waals surface area contributed by atoms with Crippen LogP contribution in [0, 0.1) is 0 Å². The van der Waals surface area contributed by atoms with Crippen LogP contribution in [0.1, 0.15) is 0 Å². The molecule has 0 aliphatic heterocycles. The van der Waals surface area contributed by atoms with Crippen molar-refractivity contribution in [2.24, 2.45) is 0 Å². The summed E-state index contributed by atoms with van der Waals surface area (Å²) in [6.45, 7) is 0. The van der Waals surface area contributed by atoms with E-state index in [-0.39, 0.29) is 0 Å². The van der Waals surface area contributed by atoms with E-state index in [1.54, 1.807) is 0 Å². The molecule has 0 radical (unpaired) electrons. The summed E-state index contributed by atoms with van der Waals surface area (Å²) < 4.78 is 1.49. The summed E-state index contributed by atoms with van der Waals surface area (Å²) in [6, 6.07) is 17.2. The first kappa shape index (κ1) is 13.0. The van der Waals surface area contributed by atoms with E-state index in [2.05, 4.69) is 10.2 Å². The molecule has 4 nitrogen and oxygen atoms in total. The van der Waals surface area contributed by atoms with Gasteiger partial charge >= 0.3 is 0 Å². The van der Waals surface area contributed by atoms with Crippen LogP contribution in [-0.4, -0.2) is 14.9 Å². The van der Waals surface area contributed by atoms with Gasteiger partial charge in [-0.05, 0) is 36.0 Å². The van der Waals surface area contributed by atoms with Crippen LogP contribution in [0.3, 0.4) is 0 Å². The van der Waals surface area contributed by atoms with Gasteiger partial charge in [0.15, 0.2) is 5.82 Å². The highest BCUT2D eigenvalue weighted by atomic mass is 35.5. The molecule has 2 aromatic carbocycles. The SMILES string of the molecule is Nn1c(Sc2ccc(Cl)cc2)nnc1-c1ccccc1. The van der Waals surface area contributed by atoms with Crippen LogP contribution in [0.25, 0.3) is 11.4 Å². The van der Waals surface area contributed by atoms with E-state index in [4.69, 9.17) is 17.4 Å². The van der Waals surface area contributed by atoms with E-state index in [0.717, 1.165) is 10.5 Å². The number of benzene rings is 2. The van der Waals surface area contributed by atoms with Gasteiger partial charge in [-0.15, -0.1) is 10.2 Å². The van der Waals surface area contributed by atoms with E-state index >= 15 is 0 Å². The topological polar surface area (TPSA) is 56.7 Å². The van der Waals surface area contributed by atoms with Crippen LogP contribution >= 0.6 is 23.4 Å². The number of nitrogen functional groups attached to an aromatic ring is 1. The second kappa shape index (κ2) is 5.56. The molecule has 20 heavy (non-hydrogen) atoms. The Morgan fingerprint density at radius 2 is 1.65 bits per heavy atom. The van der Waals surface area contributed by atoms with Crippen LogP contribution in [-0.2, 0) is 0 Å². The van der Waals surface area contributed by atoms with Gasteiger partial charge in [-0.2, -0.15) is 0 Å². The maximum atomic E-state index is 6.06. The molecule has 0 aliphatic carbocycles. The average Bonchev–Trinajstić information content (AvgIpc) is 2.84. The molecule has 1 heterocycles. The molecule has 0 amide bonds. The number of hydrogen-bond acceptors (Lipinski definition) is 4. The fourth-order valence-corrected chi connectivity index (χ4v) is 2.61. The molecule has 6 heteroatoms. The lowest BCUT2D eigenvalue weighted by atomic mass is 10.2. The highest BCUT2D eigenvalue weighted by Gasteiger charge is 2.12. The fraction of sp³-hybridized carbons (Fsp3) is 0. The summed E-state index contributed by atoms with van der Waals surface area (Å²) in [6.07, 6.45) is 0. The molecule has 0 saturated carbocycles. The van der Waals surface area contributed by atoms with Crippen LogP contribution in [0.5, 0.6) is 0 Å². The zero-order valence-corrected chi connectivity index (χ0v) is 12.0. The zero-order valence-electron chi connectivity index (χ0n) is 10.4. The summed E-state index contributed by atoms with van der Waals surface area (Å²) in [7, 11) is 0. The highest BCUT2D eigenvalue weighted by Crippen LogP contribution is 2.28. The standard InChI is InChI=1S/C14H11ClN4S/c15-11-6-8-12(9-7-11)20-14-18-17-13(19(14)16)10-4-2-1-3-5-10/h1-9H,16H2. The lowest BCUT2D eigenvalue weighted by molar-refractivity contribution is 0.850. The summed E-state index contributed by atoms with van der Waals surface area (Å²) >= 11 is 7.31. The lowest BCUT2D eigenvalue weighted by Crippen LogP contribution is -2.11. The van der Waals surface area contributed by atoms with E-state index in [1.165, 1.54) is 16.4 Å². The summed E-state index contributed by atoms with van der Waals surface area (Å²) in [4.78, 5) is 1.01. The van der Waals surface area contributed by atoms with Crippen molar-refractivity contribution < 1.29 is 0 Å². The third-order valence-corrected chi connectivity index (χ3v) is 3.94. The van der Waals surface area contributed by atoms with Crippen LogP contribution in [0.15, 0.2) is 64.6 Å². The van der Waals surface area contributed by atoms with Gasteiger partial charge in [0, 0.05) is 15.5 Å². The van der Waals surface area contributed by atoms with Crippen LogP contribution < -0.4 is 5.84 Å². The van der Waals surface area contributed by atoms with E-state index < -0.39 is 0 Å². The normalized spacial score (nSPS) is 10.7. The second-order valence-electron chi connectivity index (χ2n) is 4.10. The summed E-state index contributed by atoms with van der Waals surface area (Å²) in [5.74, 6) is 6.70. The number of aromatic nitrogens is 3. The van der Waals surface area contributed by atoms with E-state index in [9.17, 15) is 0 Å². The minimum Gasteiger partial charge on any atom is -0.335 e. The molecule has 2 N–H and O–H groups in total. The third kappa shape index (κ3) is 2.64. The Kier molecular flexibility index (Phi) is 3.62. The lowest BCUT2D eigenvalue weighted by Gasteiger charge is -2.03. The van der Waals surface area contributed by atoms with Gasteiger partial charge in [-0.1, -0.05) is 41.9 Å². The van der Waals surface area contributed by atoms with Crippen molar-refractivity contribution >= 4 is 23.4 Å². The molecule has 100 valence electrons. The minimum absolute atomic E-state index is 0.631. The number of rotatable bonds is 3. The quantitative estimate of drug-likeness (QED) is 0.753. The molecule has 0 bridgehead atoms. The van der Waals surface area contributed by atoms with Gasteiger partial charge in [0.05, 0.1) is 0 Å². The van der Waals surface area contributed by atoms with Crippen molar-refractivity contribution in [2.45, 2.75) is 10.1 Å². The minimum atomic E-state index is 0.631. The monoisotopic (exact) mass is 302 g/mol. The first-order chi connectivity index (χ1) is 9.74. The second-order valence-corrected chi connectivity index (χ2v) is 5.58. The molecule has 0 unspecified atom stereocenters. The predicted octanol–water partition coefficient (Wildman–Crippen LogP) is 3.46. The van der Waals surface area contributed by atoms with E-state index in [0.29, 0.717) is 16.0 Å². The smallest absolute Gasteiger partial charge is 0.214 e. The summed E-state index contributed by atoms with van der Waals surface area (Å²) in [5, 5.41) is 9.60. The van der Waals surface area contributed by atoms with Crippen molar-refractivity contribution in [2.75, 3.05) is 5.84 Å². The van der Waals surface area contributed by atoms with Gasteiger partial charge in [-0.25, -0.2) is 4.68 Å². The van der Waals surface area contributed by atoms with Crippen molar-refractivity contribution in [1.82, 2.24) is 14.9 Å². The Bertz CT molecular complexity index is 710. The van der Waals surface area contributed by atoms with Gasteiger partial charge in [0.25, 0.3) is 0 Å². The zero-order chi connectivity index (χ0) is 13.9. The molecule has 0 atom stereocenters. The van der Waals surface area contributed by atoms with Gasteiger partial charge in [-0.3, -0.25) is 0 Å². The highest BCUT2D eigenvalue weighted by molar-refractivity contribution is 7.99. The Morgan fingerprint density at radius 3 is 2.35 bits per heavy atom. The van der Waals surface area contributed by atoms with Crippen molar-refractivity contribution in [3.63, 3.8) is 0 Å². The maximum Gasteiger partial charge on any atom is 0.214 e. The molecule has 0 spiro atoms. The fourth-order valence-electron chi connectivity index (χ4n) is 1.74. The Hall–Kier alpha value is -1.98. The molecular formula is C14H11ClN4S. The number of nitrogens with zero attached hydrogens (tertiary/aromatic N) is 3. The van der Waals surface area contributed by atoms with Crippen molar-refractivity contribution in [3.05, 3.63) is 59.6 Å². The summed E-state index contributed by atoms with van der Waals surface area (Å²) in [5.41, 5.74) is 0.936. The number of hydrogen-bond donors (Lipinski definition) is 1. The molecule has 3 rings (SSSR count). The Morgan fingerprint density at radius 1 is 0.950 bits per heavy atom. The Balaban J connectivity index is 1.89. The predicted molar refractivity (Wildman–Crippen MR) is 81.2 cm³/mol. The molecule has 1 aromatic heterocycles. The van der Waals surface area contributed by atoms with Crippen molar-refractivity contribution in [3.8, 4) is 11.4 Å². The molecular weight excluding hydrogens is 292 g/mol. The third-order valence-electron chi connectivity index (χ3n) is 2.72. The van der Waals surface area contributed by atoms with Gasteiger partial charge in [0.1, 0.15) is 0 Å². The Labute approximate surface area is 125 Å². The molecule has 0 saturated heterocycles. The van der Waals surface area contributed by atoms with Crippen LogP contribution in [0.2, 0.25) is 5.02 Å². The van der Waals surface area contributed by atoms with Crippen LogP contribution in [0.4, 0.5) is 0 Å². The average molecular weight is 303 g/mol. The molecule has 0 aliphatic rings. The van der Waals surface area contributed by atoms with E-state index in [1.807, 2.05) is 54.6 Å². The first-order valence-electron chi connectivity index (χ1n) is 5.93. The maximum absolute atomic E-state index is 6.06. The van der Waals surface area contributed by atoms with Crippen molar-refractivity contribution in [1.29, 1.82) is 0 Å². The van der Waals surface area contributed by atoms with Gasteiger partial charge in [0.2, 0.25) is 5.16 Å². The molecule has 3 aromatic rings. The largest absolute Gasteiger partial charge is 0.335 e. The molecule has 0 fully saturated rings. The number of nitrogens with two attached hydrogens (primary N) is 1.